The van der Waals surface area contributed by atoms with Gasteiger partial charge in [0, 0.05) is 23.6 Å². The molecule has 106 valence electrons. The molecular weight excluding hydrogens is 324 g/mol. The van der Waals surface area contributed by atoms with E-state index in [-0.39, 0.29) is 0 Å². The zero-order chi connectivity index (χ0) is 13.7. The molecule has 0 saturated carbocycles. The first-order chi connectivity index (χ1) is 9.19. The molecule has 0 radical (unpaired) electrons. The smallest absolute Gasteiger partial charge is 0.0551 e. The van der Waals surface area contributed by atoms with Crippen LogP contribution in [0.5, 0.6) is 0 Å². The molecule has 4 heteroatoms. The largest absolute Gasteiger partial charge is 0.313 e. The summed E-state index contributed by atoms with van der Waals surface area (Å²) in [7, 11) is 0. The van der Waals surface area contributed by atoms with Crippen LogP contribution in [0.3, 0.4) is 0 Å². The van der Waals surface area contributed by atoms with Crippen LogP contribution in [-0.4, -0.2) is 30.6 Å². The standard InChI is InChI=1S/C15H22BrClN2/c1-2-19(11-13-5-3-4-8-18-13)10-12-6-7-14(16)15(17)9-12/h6-7,9,13,18H,2-5,8,10-11H2,1H3. The van der Waals surface area contributed by atoms with Crippen molar-refractivity contribution in [1.29, 1.82) is 0 Å². The monoisotopic (exact) mass is 344 g/mol. The quantitative estimate of drug-likeness (QED) is 0.865. The predicted octanol–water partition coefficient (Wildman–Crippen LogP) is 4.07. The van der Waals surface area contributed by atoms with Gasteiger partial charge < -0.3 is 5.32 Å². The lowest BCUT2D eigenvalue weighted by molar-refractivity contribution is 0.226. The molecule has 0 bridgehead atoms. The Hall–Kier alpha value is -0.0900. The Balaban J connectivity index is 1.92. The van der Waals surface area contributed by atoms with Gasteiger partial charge in [0.1, 0.15) is 0 Å². The SMILES string of the molecule is CCN(Cc1ccc(Br)c(Cl)c1)CC1CCCCN1. The molecule has 0 spiro atoms. The highest BCUT2D eigenvalue weighted by Crippen LogP contribution is 2.24. The van der Waals surface area contributed by atoms with Gasteiger partial charge in [-0.3, -0.25) is 4.90 Å². The molecule has 19 heavy (non-hydrogen) atoms. The van der Waals surface area contributed by atoms with E-state index in [0.29, 0.717) is 6.04 Å². The van der Waals surface area contributed by atoms with Gasteiger partial charge in [0.25, 0.3) is 0 Å². The molecule has 1 aliphatic heterocycles. The fourth-order valence-corrected chi connectivity index (χ4v) is 3.04. The summed E-state index contributed by atoms with van der Waals surface area (Å²) in [4.78, 5) is 2.49. The first kappa shape index (κ1) is 15.3. The van der Waals surface area contributed by atoms with Crippen LogP contribution in [0.15, 0.2) is 22.7 Å². The van der Waals surface area contributed by atoms with Crippen LogP contribution in [-0.2, 0) is 6.54 Å². The van der Waals surface area contributed by atoms with Crippen LogP contribution in [0.25, 0.3) is 0 Å². The van der Waals surface area contributed by atoms with Gasteiger partial charge in [-0.05, 0) is 59.6 Å². The number of nitrogens with zero attached hydrogens (tertiary/aromatic N) is 1. The normalized spacial score (nSPS) is 19.9. The molecule has 1 aliphatic rings. The lowest BCUT2D eigenvalue weighted by Gasteiger charge is -2.30. The number of hydrogen-bond donors (Lipinski definition) is 1. The zero-order valence-electron chi connectivity index (χ0n) is 11.5. The number of likely N-dealkylation sites (N-methyl/N-ethyl adjacent to an activating group) is 1. The van der Waals surface area contributed by atoms with Gasteiger partial charge in [-0.15, -0.1) is 0 Å². The second kappa shape index (κ2) is 7.63. The molecule has 1 heterocycles. The topological polar surface area (TPSA) is 15.3 Å². The summed E-state index contributed by atoms with van der Waals surface area (Å²) >= 11 is 9.59. The number of halogens is 2. The van der Waals surface area contributed by atoms with E-state index < -0.39 is 0 Å². The van der Waals surface area contributed by atoms with Crippen molar-refractivity contribution in [3.8, 4) is 0 Å². The highest BCUT2D eigenvalue weighted by molar-refractivity contribution is 9.10. The van der Waals surface area contributed by atoms with Gasteiger partial charge in [-0.2, -0.15) is 0 Å². The fourth-order valence-electron chi connectivity index (χ4n) is 2.59. The van der Waals surface area contributed by atoms with Gasteiger partial charge in [0.15, 0.2) is 0 Å². The average Bonchev–Trinajstić information content (AvgIpc) is 2.43. The van der Waals surface area contributed by atoms with E-state index in [1.54, 1.807) is 0 Å². The third-order valence-electron chi connectivity index (χ3n) is 3.73. The van der Waals surface area contributed by atoms with E-state index in [0.717, 1.165) is 29.1 Å². The summed E-state index contributed by atoms with van der Waals surface area (Å²) in [5, 5.41) is 4.41. The maximum atomic E-state index is 6.15. The number of benzene rings is 1. The Bertz CT molecular complexity index is 405. The van der Waals surface area contributed by atoms with Gasteiger partial charge >= 0.3 is 0 Å². The molecular formula is C15H22BrClN2. The molecule has 1 aromatic rings. The average molecular weight is 346 g/mol. The van der Waals surface area contributed by atoms with Crippen LogP contribution >= 0.6 is 27.5 Å². The van der Waals surface area contributed by atoms with Crippen LogP contribution in [0.4, 0.5) is 0 Å². The number of piperidine rings is 1. The summed E-state index contributed by atoms with van der Waals surface area (Å²) in [5.74, 6) is 0. The summed E-state index contributed by atoms with van der Waals surface area (Å²) in [6, 6.07) is 6.89. The molecule has 0 aliphatic carbocycles. The van der Waals surface area contributed by atoms with E-state index in [4.69, 9.17) is 11.6 Å². The zero-order valence-corrected chi connectivity index (χ0v) is 13.8. The van der Waals surface area contributed by atoms with Gasteiger partial charge in [-0.1, -0.05) is 31.0 Å². The van der Waals surface area contributed by atoms with Crippen molar-refractivity contribution >= 4 is 27.5 Å². The Morgan fingerprint density at radius 3 is 2.89 bits per heavy atom. The first-order valence-corrected chi connectivity index (χ1v) is 8.26. The van der Waals surface area contributed by atoms with Gasteiger partial charge in [0.2, 0.25) is 0 Å². The summed E-state index contributed by atoms with van der Waals surface area (Å²) in [6.45, 7) is 6.58. The van der Waals surface area contributed by atoms with Gasteiger partial charge in [0.05, 0.1) is 5.02 Å². The lowest BCUT2D eigenvalue weighted by Crippen LogP contribution is -2.43. The highest BCUT2D eigenvalue weighted by Gasteiger charge is 2.16. The molecule has 1 fully saturated rings. The molecule has 1 unspecified atom stereocenters. The summed E-state index contributed by atoms with van der Waals surface area (Å²) < 4.78 is 0.968. The van der Waals surface area contributed by atoms with Crippen molar-refractivity contribution in [2.75, 3.05) is 19.6 Å². The van der Waals surface area contributed by atoms with Crippen molar-refractivity contribution in [3.05, 3.63) is 33.3 Å². The minimum Gasteiger partial charge on any atom is -0.313 e. The van der Waals surface area contributed by atoms with Crippen molar-refractivity contribution < 1.29 is 0 Å². The molecule has 1 N–H and O–H groups in total. The first-order valence-electron chi connectivity index (χ1n) is 7.08. The van der Waals surface area contributed by atoms with E-state index >= 15 is 0 Å². The van der Waals surface area contributed by atoms with Crippen molar-refractivity contribution in [2.45, 2.75) is 38.8 Å². The molecule has 2 nitrogen and oxygen atoms in total. The number of nitrogens with one attached hydrogen (secondary N) is 1. The van der Waals surface area contributed by atoms with Crippen molar-refractivity contribution in [3.63, 3.8) is 0 Å². The molecule has 0 amide bonds. The van der Waals surface area contributed by atoms with Crippen molar-refractivity contribution in [1.82, 2.24) is 10.2 Å². The fraction of sp³-hybridized carbons (Fsp3) is 0.600. The lowest BCUT2D eigenvalue weighted by atomic mass is 10.0. The van der Waals surface area contributed by atoms with Crippen LogP contribution < -0.4 is 5.32 Å². The number of rotatable bonds is 5. The molecule has 1 saturated heterocycles. The third-order valence-corrected chi connectivity index (χ3v) is 4.96. The second-order valence-electron chi connectivity index (χ2n) is 5.22. The molecule has 1 atom stereocenters. The van der Waals surface area contributed by atoms with E-state index in [2.05, 4.69) is 45.2 Å². The van der Waals surface area contributed by atoms with Crippen LogP contribution in [0.2, 0.25) is 5.02 Å². The van der Waals surface area contributed by atoms with E-state index in [1.165, 1.54) is 31.4 Å². The van der Waals surface area contributed by atoms with Gasteiger partial charge in [-0.25, -0.2) is 0 Å². The summed E-state index contributed by atoms with van der Waals surface area (Å²) in [6.07, 6.45) is 3.99. The Morgan fingerprint density at radius 1 is 1.42 bits per heavy atom. The van der Waals surface area contributed by atoms with Crippen LogP contribution in [0, 0.1) is 0 Å². The third kappa shape index (κ3) is 4.75. The molecule has 2 rings (SSSR count). The maximum Gasteiger partial charge on any atom is 0.0551 e. The molecule has 1 aromatic carbocycles. The van der Waals surface area contributed by atoms with E-state index in [9.17, 15) is 0 Å². The molecule has 0 aromatic heterocycles. The number of hydrogen-bond acceptors (Lipinski definition) is 2. The highest BCUT2D eigenvalue weighted by atomic mass is 79.9. The minimum atomic E-state index is 0.652. The Labute approximate surface area is 129 Å². The predicted molar refractivity (Wildman–Crippen MR) is 85.7 cm³/mol. The Morgan fingerprint density at radius 2 is 2.26 bits per heavy atom. The summed E-state index contributed by atoms with van der Waals surface area (Å²) in [5.41, 5.74) is 1.28. The second-order valence-corrected chi connectivity index (χ2v) is 6.48. The minimum absolute atomic E-state index is 0.652. The van der Waals surface area contributed by atoms with E-state index in [1.807, 2.05) is 6.07 Å². The van der Waals surface area contributed by atoms with Crippen LogP contribution in [0.1, 0.15) is 31.7 Å². The maximum absolute atomic E-state index is 6.15. The van der Waals surface area contributed by atoms with Crippen molar-refractivity contribution in [2.24, 2.45) is 0 Å². The Kier molecular flexibility index (Phi) is 6.14.